The summed E-state index contributed by atoms with van der Waals surface area (Å²) in [6.07, 6.45) is 3.15. The van der Waals surface area contributed by atoms with Gasteiger partial charge in [0.15, 0.2) is 18.1 Å². The van der Waals surface area contributed by atoms with E-state index in [4.69, 9.17) is 0 Å². The van der Waals surface area contributed by atoms with Crippen LogP contribution in [-0.4, -0.2) is 19.9 Å². The summed E-state index contributed by atoms with van der Waals surface area (Å²) in [5.74, 6) is -1.06. The maximum absolute atomic E-state index is 13.3. The van der Waals surface area contributed by atoms with Crippen LogP contribution in [0.5, 0.6) is 0 Å². The number of ketones is 1. The first-order valence-electron chi connectivity index (χ1n) is 9.23. The van der Waals surface area contributed by atoms with Gasteiger partial charge in [-0.2, -0.15) is 13.0 Å². The molecule has 0 unspecified atom stereocenters. The zero-order chi connectivity index (χ0) is 21.5. The third kappa shape index (κ3) is 3.44. The lowest BCUT2D eigenvalue weighted by Crippen LogP contribution is -2.43. The molecule has 0 bridgehead atoms. The molecule has 0 atom stereocenters. The molecule has 3 aromatic rings. The van der Waals surface area contributed by atoms with Gasteiger partial charge < -0.3 is 5.11 Å². The van der Waals surface area contributed by atoms with Gasteiger partial charge in [0, 0.05) is 17.7 Å². The lowest BCUT2D eigenvalue weighted by molar-refractivity contribution is -0.577. The zero-order valence-electron chi connectivity index (χ0n) is 16.4. The van der Waals surface area contributed by atoms with E-state index in [0.29, 0.717) is 0 Å². The number of carbonyl (C=O) groups is 1. The summed E-state index contributed by atoms with van der Waals surface area (Å²) in [5, 5.41) is 13.3. The Morgan fingerprint density at radius 1 is 0.867 bits per heavy atom. The second-order valence-electron chi connectivity index (χ2n) is 7.07. The lowest BCUT2D eigenvalue weighted by Gasteiger charge is -2.23. The second kappa shape index (κ2) is 7.35. The van der Waals surface area contributed by atoms with Crippen LogP contribution >= 0.6 is 0 Å². The van der Waals surface area contributed by atoms with Gasteiger partial charge >= 0.3 is 0 Å². The molecule has 2 aromatic carbocycles. The average molecular weight is 418 g/mol. The van der Waals surface area contributed by atoms with Gasteiger partial charge in [-0.1, -0.05) is 41.5 Å². The van der Waals surface area contributed by atoms with E-state index in [1.165, 1.54) is 16.7 Å². The molecular formula is C23H18N2O4S. The summed E-state index contributed by atoms with van der Waals surface area (Å²) >= 11 is 0. The van der Waals surface area contributed by atoms with E-state index in [2.05, 4.69) is 4.40 Å². The quantitative estimate of drug-likeness (QED) is 0.611. The minimum absolute atomic E-state index is 0.0479. The van der Waals surface area contributed by atoms with Crippen LogP contribution in [0.1, 0.15) is 27.0 Å². The Hall–Kier alpha value is -3.58. The molecule has 0 fully saturated rings. The fraction of sp³-hybridized carbons (Fsp3) is 0.0870. The van der Waals surface area contributed by atoms with Gasteiger partial charge in [-0.3, -0.25) is 4.79 Å². The molecule has 1 aromatic heterocycles. The largest absolute Gasteiger partial charge is 0.867 e. The van der Waals surface area contributed by atoms with Gasteiger partial charge in [0.2, 0.25) is 11.5 Å². The Balaban J connectivity index is 1.99. The van der Waals surface area contributed by atoms with Crippen LogP contribution < -0.4 is 9.67 Å². The molecule has 0 saturated carbocycles. The van der Waals surface area contributed by atoms with Crippen molar-refractivity contribution in [1.29, 1.82) is 0 Å². The van der Waals surface area contributed by atoms with Crippen LogP contribution in [0.15, 0.2) is 82.4 Å². The number of carbonyl (C=O) groups excluding carboxylic acids is 1. The zero-order valence-corrected chi connectivity index (χ0v) is 17.2. The highest BCUT2D eigenvalue weighted by molar-refractivity contribution is 7.90. The predicted octanol–water partition coefficient (Wildman–Crippen LogP) is 2.30. The molecule has 0 aliphatic heterocycles. The molecule has 7 heteroatoms. The number of Topliss-reactive ketones (excluding diaryl/α,β-unsaturated/α-hetero) is 1. The van der Waals surface area contributed by atoms with Crippen molar-refractivity contribution in [2.75, 3.05) is 0 Å². The van der Waals surface area contributed by atoms with E-state index >= 15 is 0 Å². The first kappa shape index (κ1) is 19.7. The van der Waals surface area contributed by atoms with Crippen LogP contribution in [0.3, 0.4) is 0 Å². The average Bonchev–Trinajstić information content (AvgIpc) is 2.73. The summed E-state index contributed by atoms with van der Waals surface area (Å²) in [6.45, 7) is 3.63. The molecule has 1 aliphatic carbocycles. The van der Waals surface area contributed by atoms with Crippen molar-refractivity contribution in [3.05, 3.63) is 95.3 Å². The first-order chi connectivity index (χ1) is 14.3. The van der Waals surface area contributed by atoms with E-state index < -0.39 is 27.3 Å². The lowest BCUT2D eigenvalue weighted by atomic mass is 9.90. The van der Waals surface area contributed by atoms with Gasteiger partial charge in [0.25, 0.3) is 10.0 Å². The van der Waals surface area contributed by atoms with Crippen LogP contribution in [-0.2, 0) is 10.0 Å². The summed E-state index contributed by atoms with van der Waals surface area (Å²) in [5.41, 5.74) is 1.57. The predicted molar refractivity (Wildman–Crippen MR) is 111 cm³/mol. The number of aryl methyl sites for hydroxylation is 2. The van der Waals surface area contributed by atoms with Crippen molar-refractivity contribution in [3.63, 3.8) is 0 Å². The number of aromatic nitrogens is 1. The number of pyridine rings is 1. The molecule has 0 radical (unpaired) electrons. The summed E-state index contributed by atoms with van der Waals surface area (Å²) in [6, 6.07) is 16.2. The van der Waals surface area contributed by atoms with E-state index in [1.54, 1.807) is 67.8 Å². The van der Waals surface area contributed by atoms with Crippen LogP contribution in [0, 0.1) is 13.8 Å². The molecule has 150 valence electrons. The summed E-state index contributed by atoms with van der Waals surface area (Å²) in [7, 11) is -4.21. The SMILES string of the molecule is Cc1ccc(S(=O)(=O)/N=C2\C(=O)c3cc(C)ccc3C([O-])=C2[n+]2ccccc2)cc1. The number of hydrogen-bond acceptors (Lipinski definition) is 4. The van der Waals surface area contributed by atoms with Gasteiger partial charge in [-0.25, -0.2) is 0 Å². The minimum Gasteiger partial charge on any atom is -0.867 e. The molecule has 0 spiro atoms. The highest BCUT2D eigenvalue weighted by Crippen LogP contribution is 2.29. The molecular weight excluding hydrogens is 400 g/mol. The highest BCUT2D eigenvalue weighted by Gasteiger charge is 2.35. The minimum atomic E-state index is -4.21. The fourth-order valence-corrected chi connectivity index (χ4v) is 4.26. The first-order valence-corrected chi connectivity index (χ1v) is 10.7. The molecule has 0 saturated heterocycles. The molecule has 30 heavy (non-hydrogen) atoms. The number of benzene rings is 2. The van der Waals surface area contributed by atoms with E-state index in [0.717, 1.165) is 11.1 Å². The summed E-state index contributed by atoms with van der Waals surface area (Å²) in [4.78, 5) is 13.2. The van der Waals surface area contributed by atoms with E-state index in [9.17, 15) is 18.3 Å². The monoisotopic (exact) mass is 418 g/mol. The smallest absolute Gasteiger partial charge is 0.283 e. The number of sulfonamides is 1. The van der Waals surface area contributed by atoms with E-state index in [-0.39, 0.29) is 21.7 Å². The van der Waals surface area contributed by atoms with Crippen molar-refractivity contribution >= 4 is 33.0 Å². The molecule has 6 nitrogen and oxygen atoms in total. The van der Waals surface area contributed by atoms with Crippen LogP contribution in [0.25, 0.3) is 11.5 Å². The van der Waals surface area contributed by atoms with Crippen molar-refractivity contribution in [2.45, 2.75) is 18.7 Å². The molecule has 0 N–H and O–H groups in total. The van der Waals surface area contributed by atoms with Crippen molar-refractivity contribution < 1.29 is 22.9 Å². The van der Waals surface area contributed by atoms with Gasteiger partial charge in [0.1, 0.15) is 0 Å². The highest BCUT2D eigenvalue weighted by atomic mass is 32.2. The molecule has 0 amide bonds. The van der Waals surface area contributed by atoms with E-state index in [1.807, 2.05) is 6.92 Å². The van der Waals surface area contributed by atoms with Crippen LogP contribution in [0.2, 0.25) is 0 Å². The molecule has 1 aliphatic rings. The van der Waals surface area contributed by atoms with Crippen LogP contribution in [0.4, 0.5) is 0 Å². The van der Waals surface area contributed by atoms with Gasteiger partial charge in [0.05, 0.1) is 4.90 Å². The Bertz CT molecular complexity index is 1320. The number of hydrogen-bond donors (Lipinski definition) is 0. The Labute approximate surface area is 174 Å². The Morgan fingerprint density at radius 3 is 2.17 bits per heavy atom. The van der Waals surface area contributed by atoms with Crippen molar-refractivity contribution in [1.82, 2.24) is 0 Å². The Morgan fingerprint density at radius 2 is 1.50 bits per heavy atom. The molecule has 1 heterocycles. The number of rotatable bonds is 3. The Kier molecular flexibility index (Phi) is 4.83. The third-order valence-electron chi connectivity index (χ3n) is 4.82. The normalized spacial score (nSPS) is 15.4. The standard InChI is InChI=1S/C23H18N2O4S/c1-15-6-9-17(10-7-15)30(28,29)24-20-21(25-12-4-3-5-13-25)23(27)18-11-8-16(2)14-19(18)22(20)26/h3-14H,1-2H3. The summed E-state index contributed by atoms with van der Waals surface area (Å²) < 4.78 is 31.2. The number of allylic oxidation sites excluding steroid dienone is 1. The number of nitrogens with zero attached hydrogens (tertiary/aromatic N) is 2. The van der Waals surface area contributed by atoms with Gasteiger partial charge in [-0.05, 0) is 43.4 Å². The van der Waals surface area contributed by atoms with Crippen molar-refractivity contribution in [3.8, 4) is 0 Å². The number of fused-ring (bicyclic) bond motifs is 1. The maximum Gasteiger partial charge on any atom is 0.283 e. The fourth-order valence-electron chi connectivity index (χ4n) is 3.27. The third-order valence-corrected chi connectivity index (χ3v) is 6.11. The topological polar surface area (TPSA) is 90.5 Å². The maximum atomic E-state index is 13.3. The van der Waals surface area contributed by atoms with Gasteiger partial charge in [-0.15, -0.1) is 4.40 Å². The second-order valence-corrected chi connectivity index (χ2v) is 8.67. The van der Waals surface area contributed by atoms with Crippen molar-refractivity contribution in [2.24, 2.45) is 4.40 Å². The molecule has 4 rings (SSSR count).